The van der Waals surface area contributed by atoms with E-state index in [1.165, 1.54) is 36.8 Å². The van der Waals surface area contributed by atoms with Crippen molar-refractivity contribution in [3.8, 4) is 0 Å². The standard InChI is InChI=1S/C12H14BrN/c13-10-6-7-11(12(14)8-10)9-4-2-1-3-5-9/h4,6-8H,1-3,5,14H2. The minimum Gasteiger partial charge on any atom is -0.398 e. The SMILES string of the molecule is Nc1cc(Br)ccc1C1=CCCCC1. The van der Waals surface area contributed by atoms with Crippen molar-refractivity contribution >= 4 is 27.2 Å². The minimum absolute atomic E-state index is 0.882. The molecule has 0 aromatic heterocycles. The smallest absolute Gasteiger partial charge is 0.0401 e. The molecule has 1 aromatic carbocycles. The summed E-state index contributed by atoms with van der Waals surface area (Å²) >= 11 is 3.42. The van der Waals surface area contributed by atoms with Gasteiger partial charge in [0.25, 0.3) is 0 Å². The third-order valence-corrected chi connectivity index (χ3v) is 3.14. The van der Waals surface area contributed by atoms with Crippen molar-refractivity contribution in [1.29, 1.82) is 0 Å². The molecule has 1 aliphatic carbocycles. The van der Waals surface area contributed by atoms with Gasteiger partial charge < -0.3 is 5.73 Å². The van der Waals surface area contributed by atoms with E-state index in [0.717, 1.165) is 10.2 Å². The maximum absolute atomic E-state index is 5.98. The summed E-state index contributed by atoms with van der Waals surface area (Å²) in [6.07, 6.45) is 7.31. The van der Waals surface area contributed by atoms with Crippen molar-refractivity contribution < 1.29 is 0 Å². The molecule has 0 fully saturated rings. The molecule has 2 N–H and O–H groups in total. The molecule has 0 radical (unpaired) electrons. The Morgan fingerprint density at radius 1 is 1.21 bits per heavy atom. The van der Waals surface area contributed by atoms with Crippen LogP contribution < -0.4 is 5.73 Å². The van der Waals surface area contributed by atoms with Gasteiger partial charge in [-0.05, 0) is 43.4 Å². The van der Waals surface area contributed by atoms with Crippen LogP contribution in [-0.2, 0) is 0 Å². The second-order valence-corrected chi connectivity index (χ2v) is 4.62. The highest BCUT2D eigenvalue weighted by Gasteiger charge is 2.08. The van der Waals surface area contributed by atoms with Crippen LogP contribution in [0.5, 0.6) is 0 Å². The number of halogens is 1. The molecule has 1 nitrogen and oxygen atoms in total. The van der Waals surface area contributed by atoms with Crippen LogP contribution in [0.3, 0.4) is 0 Å². The molecule has 1 aliphatic rings. The van der Waals surface area contributed by atoms with Gasteiger partial charge in [-0.25, -0.2) is 0 Å². The number of nitrogens with two attached hydrogens (primary N) is 1. The molecular formula is C12H14BrN. The summed E-state index contributed by atoms with van der Waals surface area (Å²) in [5, 5.41) is 0. The van der Waals surface area contributed by atoms with Gasteiger partial charge in [0.05, 0.1) is 0 Å². The Morgan fingerprint density at radius 3 is 2.71 bits per heavy atom. The molecule has 0 heterocycles. The first-order valence-electron chi connectivity index (χ1n) is 5.02. The van der Waals surface area contributed by atoms with Crippen LogP contribution in [0.15, 0.2) is 28.7 Å². The van der Waals surface area contributed by atoms with Gasteiger partial charge in [-0.3, -0.25) is 0 Å². The zero-order valence-corrected chi connectivity index (χ0v) is 9.68. The fraction of sp³-hybridized carbons (Fsp3) is 0.333. The van der Waals surface area contributed by atoms with Gasteiger partial charge >= 0.3 is 0 Å². The fourth-order valence-corrected chi connectivity index (χ4v) is 2.29. The van der Waals surface area contributed by atoms with Gasteiger partial charge in [0.2, 0.25) is 0 Å². The third kappa shape index (κ3) is 2.01. The van der Waals surface area contributed by atoms with E-state index in [0.29, 0.717) is 0 Å². The largest absolute Gasteiger partial charge is 0.398 e. The molecule has 0 saturated carbocycles. The Labute approximate surface area is 93.1 Å². The van der Waals surface area contributed by atoms with E-state index in [1.54, 1.807) is 0 Å². The first-order valence-corrected chi connectivity index (χ1v) is 5.81. The summed E-state index contributed by atoms with van der Waals surface area (Å²) in [6, 6.07) is 6.14. The van der Waals surface area contributed by atoms with E-state index in [4.69, 9.17) is 5.73 Å². The van der Waals surface area contributed by atoms with Crippen LogP contribution in [0.4, 0.5) is 5.69 Å². The second kappa shape index (κ2) is 4.18. The summed E-state index contributed by atoms with van der Waals surface area (Å²) in [4.78, 5) is 0. The topological polar surface area (TPSA) is 26.0 Å². The first-order chi connectivity index (χ1) is 6.77. The maximum Gasteiger partial charge on any atom is 0.0401 e. The zero-order valence-electron chi connectivity index (χ0n) is 8.09. The minimum atomic E-state index is 0.882. The predicted octanol–water partition coefficient (Wildman–Crippen LogP) is 3.99. The molecule has 0 atom stereocenters. The monoisotopic (exact) mass is 251 g/mol. The predicted molar refractivity (Wildman–Crippen MR) is 65.0 cm³/mol. The number of hydrogen-bond acceptors (Lipinski definition) is 1. The third-order valence-electron chi connectivity index (χ3n) is 2.65. The number of allylic oxidation sites excluding steroid dienone is 2. The summed E-state index contributed by atoms with van der Waals surface area (Å²) in [6.45, 7) is 0. The van der Waals surface area contributed by atoms with Crippen LogP contribution in [0.2, 0.25) is 0 Å². The lowest BCUT2D eigenvalue weighted by atomic mass is 9.93. The van der Waals surface area contributed by atoms with Crippen molar-refractivity contribution in [1.82, 2.24) is 0 Å². The van der Waals surface area contributed by atoms with Crippen molar-refractivity contribution in [2.75, 3.05) is 5.73 Å². The molecule has 2 rings (SSSR count). The van der Waals surface area contributed by atoms with Crippen molar-refractivity contribution in [3.63, 3.8) is 0 Å². The van der Waals surface area contributed by atoms with Crippen LogP contribution in [0.25, 0.3) is 5.57 Å². The highest BCUT2D eigenvalue weighted by atomic mass is 79.9. The molecule has 0 saturated heterocycles. The van der Waals surface area contributed by atoms with Crippen molar-refractivity contribution in [3.05, 3.63) is 34.3 Å². The van der Waals surface area contributed by atoms with Crippen LogP contribution in [-0.4, -0.2) is 0 Å². The molecule has 0 aliphatic heterocycles. The van der Waals surface area contributed by atoms with Crippen LogP contribution in [0, 0.1) is 0 Å². The fourth-order valence-electron chi connectivity index (χ4n) is 1.91. The molecule has 0 unspecified atom stereocenters. The highest BCUT2D eigenvalue weighted by Crippen LogP contribution is 2.31. The van der Waals surface area contributed by atoms with Gasteiger partial charge in [0.15, 0.2) is 0 Å². The van der Waals surface area contributed by atoms with Gasteiger partial charge in [-0.1, -0.05) is 28.1 Å². The Morgan fingerprint density at radius 2 is 2.07 bits per heavy atom. The molecule has 0 spiro atoms. The Bertz CT molecular complexity index is 369. The highest BCUT2D eigenvalue weighted by molar-refractivity contribution is 9.10. The molecular weight excluding hydrogens is 238 g/mol. The lowest BCUT2D eigenvalue weighted by Gasteiger charge is -2.14. The molecule has 74 valence electrons. The molecule has 0 bridgehead atoms. The van der Waals surface area contributed by atoms with E-state index in [-0.39, 0.29) is 0 Å². The zero-order chi connectivity index (χ0) is 9.97. The normalized spacial score (nSPS) is 16.5. The van der Waals surface area contributed by atoms with Gasteiger partial charge in [0.1, 0.15) is 0 Å². The summed E-state index contributed by atoms with van der Waals surface area (Å²) in [7, 11) is 0. The summed E-state index contributed by atoms with van der Waals surface area (Å²) < 4.78 is 1.05. The Hall–Kier alpha value is -0.760. The molecule has 2 heteroatoms. The number of hydrogen-bond donors (Lipinski definition) is 1. The van der Waals surface area contributed by atoms with E-state index in [2.05, 4.69) is 34.1 Å². The van der Waals surface area contributed by atoms with Gasteiger partial charge in [0, 0.05) is 15.7 Å². The average molecular weight is 252 g/mol. The summed E-state index contributed by atoms with van der Waals surface area (Å²) in [5.74, 6) is 0. The summed E-state index contributed by atoms with van der Waals surface area (Å²) in [5.41, 5.74) is 9.50. The van der Waals surface area contributed by atoms with Crippen LogP contribution in [0.1, 0.15) is 31.2 Å². The first kappa shape index (κ1) is 9.78. The van der Waals surface area contributed by atoms with Crippen molar-refractivity contribution in [2.24, 2.45) is 0 Å². The number of benzene rings is 1. The Balaban J connectivity index is 2.35. The maximum atomic E-state index is 5.98. The van der Waals surface area contributed by atoms with Gasteiger partial charge in [-0.15, -0.1) is 0 Å². The van der Waals surface area contributed by atoms with E-state index in [1.807, 2.05) is 6.07 Å². The average Bonchev–Trinajstić information content (AvgIpc) is 2.19. The van der Waals surface area contributed by atoms with E-state index < -0.39 is 0 Å². The lowest BCUT2D eigenvalue weighted by Crippen LogP contribution is -1.97. The van der Waals surface area contributed by atoms with Gasteiger partial charge in [-0.2, -0.15) is 0 Å². The van der Waals surface area contributed by atoms with Crippen LogP contribution >= 0.6 is 15.9 Å². The molecule has 14 heavy (non-hydrogen) atoms. The van der Waals surface area contributed by atoms with E-state index >= 15 is 0 Å². The quantitative estimate of drug-likeness (QED) is 0.751. The van der Waals surface area contributed by atoms with E-state index in [9.17, 15) is 0 Å². The number of nitrogen functional groups attached to an aromatic ring is 1. The molecule has 1 aromatic rings. The lowest BCUT2D eigenvalue weighted by molar-refractivity contribution is 0.742. The number of rotatable bonds is 1. The Kier molecular flexibility index (Phi) is 2.92. The number of anilines is 1. The van der Waals surface area contributed by atoms with Crippen molar-refractivity contribution in [2.45, 2.75) is 25.7 Å². The second-order valence-electron chi connectivity index (χ2n) is 3.71. The molecule has 0 amide bonds.